The summed E-state index contributed by atoms with van der Waals surface area (Å²) in [5.41, 5.74) is -2.09. The van der Waals surface area contributed by atoms with Crippen LogP contribution in [0.1, 0.15) is 80.7 Å². The van der Waals surface area contributed by atoms with Gasteiger partial charge in [0.2, 0.25) is 0 Å². The Morgan fingerprint density at radius 1 is 0.875 bits per heavy atom. The first-order valence-corrected chi connectivity index (χ1v) is 19.6. The summed E-state index contributed by atoms with van der Waals surface area (Å²) >= 11 is 13.1. The van der Waals surface area contributed by atoms with Gasteiger partial charge in [-0.1, -0.05) is 23.2 Å². The number of aromatic nitrogens is 4. The zero-order chi connectivity index (χ0) is 42.1. The second-order valence-electron chi connectivity index (χ2n) is 15.2. The van der Waals surface area contributed by atoms with E-state index in [1.807, 2.05) is 0 Å². The molecule has 0 radical (unpaired) electrons. The Kier molecular flexibility index (Phi) is 16.1. The van der Waals surface area contributed by atoms with Crippen molar-refractivity contribution in [2.24, 2.45) is 0 Å². The molecule has 0 saturated carbocycles. The van der Waals surface area contributed by atoms with Gasteiger partial charge in [0.15, 0.2) is 17.0 Å². The fourth-order valence-electron chi connectivity index (χ4n) is 4.65. The van der Waals surface area contributed by atoms with Crippen molar-refractivity contribution in [3.8, 4) is 5.75 Å². The molecule has 0 unspecified atom stereocenters. The van der Waals surface area contributed by atoms with Gasteiger partial charge in [0.05, 0.1) is 49.3 Å². The summed E-state index contributed by atoms with van der Waals surface area (Å²) in [5.74, 6) is 0.171. The number of carbonyl (C=O) groups excluding carboxylic acids is 3. The smallest absolute Gasteiger partial charge is 0.425 e. The molecule has 2 heterocycles. The number of imide groups is 1. The maximum absolute atomic E-state index is 13.3. The molecule has 0 fully saturated rings. The summed E-state index contributed by atoms with van der Waals surface area (Å²) in [4.78, 5) is 52.4. The number of nitrogens with zero attached hydrogens (tertiary/aromatic N) is 5. The minimum atomic E-state index is -4.57. The van der Waals surface area contributed by atoms with E-state index < -0.39 is 51.5 Å². The SMILES string of the molecule is COCCOC[C@@H](CCCOc1ccc(Cl)c(Cl)c1Cn1cnc2c(N(C(=O)OC(C)(C)C)C(=O)OC(C)(C)C)ncnc21)OS(=O)(=O)NC(=O)OC(C)(C)C. The summed E-state index contributed by atoms with van der Waals surface area (Å²) in [6.45, 7) is 15.1. The predicted octanol–water partition coefficient (Wildman–Crippen LogP) is 6.83. The highest BCUT2D eigenvalue weighted by Gasteiger charge is 2.36. The van der Waals surface area contributed by atoms with E-state index in [9.17, 15) is 22.8 Å². The number of hydrogen-bond donors (Lipinski definition) is 1. The van der Waals surface area contributed by atoms with E-state index in [1.54, 1.807) is 83.7 Å². The number of rotatable bonds is 16. The Balaban J connectivity index is 1.84. The van der Waals surface area contributed by atoms with Crippen LogP contribution in [0.25, 0.3) is 11.2 Å². The third-order valence-corrected chi connectivity index (χ3v) is 8.55. The first-order chi connectivity index (χ1) is 25.9. The number of amides is 3. The van der Waals surface area contributed by atoms with Crippen molar-refractivity contribution in [2.45, 2.75) is 105 Å². The molecule has 0 aliphatic rings. The normalized spacial score (nSPS) is 12.9. The number of imidazole rings is 1. The number of halogens is 2. The number of anilines is 1. The molecule has 312 valence electrons. The van der Waals surface area contributed by atoms with Crippen LogP contribution in [-0.2, 0) is 44.7 Å². The lowest BCUT2D eigenvalue weighted by Gasteiger charge is -2.28. The minimum Gasteiger partial charge on any atom is -0.493 e. The average Bonchev–Trinajstić information content (AvgIpc) is 3.44. The first kappa shape index (κ1) is 46.4. The summed E-state index contributed by atoms with van der Waals surface area (Å²) in [6, 6.07) is 3.17. The van der Waals surface area contributed by atoms with Crippen LogP contribution < -0.4 is 14.4 Å². The highest BCUT2D eigenvalue weighted by Crippen LogP contribution is 2.35. The first-order valence-electron chi connectivity index (χ1n) is 17.4. The highest BCUT2D eigenvalue weighted by molar-refractivity contribution is 7.85. The molecule has 1 aromatic carbocycles. The molecule has 0 bridgehead atoms. The molecule has 0 aliphatic carbocycles. The van der Waals surface area contributed by atoms with Crippen LogP contribution in [0, 0.1) is 0 Å². The van der Waals surface area contributed by atoms with Crippen LogP contribution in [-0.4, -0.2) is 103 Å². The lowest BCUT2D eigenvalue weighted by atomic mass is 10.2. The average molecular weight is 850 g/mol. The second-order valence-corrected chi connectivity index (χ2v) is 17.3. The molecule has 1 N–H and O–H groups in total. The van der Waals surface area contributed by atoms with Crippen molar-refractivity contribution >= 4 is 68.8 Å². The van der Waals surface area contributed by atoms with Crippen LogP contribution in [0.2, 0.25) is 10.0 Å². The topological polar surface area (TPSA) is 209 Å². The standard InChI is InChI=1S/C35H50Cl2N6O12S/c1-33(2,3)52-30(44)41-56(47,48)55-22(19-50-17-16-49-10)12-11-15-51-25-14-13-24(36)26(37)23(25)18-42-21-40-27-28(42)38-20-39-29(27)43(31(45)53-34(4,5)6)32(46)54-35(7,8)9/h13-14,20-22H,11-12,15-19H2,1-10H3,(H,41,44)/t22-/m1/s1. The summed E-state index contributed by atoms with van der Waals surface area (Å²) in [7, 11) is -3.07. The summed E-state index contributed by atoms with van der Waals surface area (Å²) < 4.78 is 66.5. The van der Waals surface area contributed by atoms with Crippen molar-refractivity contribution in [1.82, 2.24) is 24.2 Å². The van der Waals surface area contributed by atoms with Crippen molar-refractivity contribution in [3.63, 3.8) is 0 Å². The number of fused-ring (bicyclic) bond motifs is 1. The van der Waals surface area contributed by atoms with Crippen LogP contribution >= 0.6 is 23.2 Å². The fourth-order valence-corrected chi connectivity index (χ4v) is 5.85. The molecule has 56 heavy (non-hydrogen) atoms. The third-order valence-electron chi connectivity index (χ3n) is 6.76. The lowest BCUT2D eigenvalue weighted by molar-refractivity contribution is 0.0193. The molecule has 3 aromatic rings. The fraction of sp³-hybridized carbons (Fsp3) is 0.600. The van der Waals surface area contributed by atoms with Crippen molar-refractivity contribution in [3.05, 3.63) is 40.4 Å². The van der Waals surface area contributed by atoms with Crippen LogP contribution in [0.4, 0.5) is 20.2 Å². The molecule has 2 aromatic heterocycles. The second kappa shape index (κ2) is 19.4. The number of benzene rings is 1. The number of carbonyl (C=O) groups is 3. The van der Waals surface area contributed by atoms with Gasteiger partial charge < -0.3 is 33.0 Å². The van der Waals surface area contributed by atoms with Crippen LogP contribution in [0.3, 0.4) is 0 Å². The van der Waals surface area contributed by atoms with Crippen molar-refractivity contribution in [1.29, 1.82) is 0 Å². The Morgan fingerprint density at radius 3 is 2.09 bits per heavy atom. The Morgan fingerprint density at radius 2 is 1.50 bits per heavy atom. The Hall–Kier alpha value is -4.01. The molecular formula is C35H50Cl2N6O12S. The van der Waals surface area contributed by atoms with E-state index in [1.165, 1.54) is 13.4 Å². The van der Waals surface area contributed by atoms with E-state index in [2.05, 4.69) is 15.0 Å². The Labute approximate surface area is 336 Å². The van der Waals surface area contributed by atoms with Gasteiger partial charge in [0, 0.05) is 12.7 Å². The van der Waals surface area contributed by atoms with Gasteiger partial charge in [-0.3, -0.25) is 0 Å². The lowest BCUT2D eigenvalue weighted by Crippen LogP contribution is -2.44. The molecule has 0 aliphatic heterocycles. The van der Waals surface area contributed by atoms with Crippen LogP contribution in [0.15, 0.2) is 24.8 Å². The number of methoxy groups -OCH3 is 1. The predicted molar refractivity (Wildman–Crippen MR) is 206 cm³/mol. The Bertz CT molecular complexity index is 1910. The van der Waals surface area contributed by atoms with E-state index in [0.29, 0.717) is 16.2 Å². The maximum Gasteiger partial charge on any atom is 0.425 e. The molecular weight excluding hydrogens is 799 g/mol. The molecule has 3 rings (SSSR count). The number of hydrogen-bond acceptors (Lipinski definition) is 15. The van der Waals surface area contributed by atoms with Crippen LogP contribution in [0.5, 0.6) is 5.75 Å². The quantitative estimate of drug-likeness (QED) is 0.116. The molecule has 0 saturated heterocycles. The summed E-state index contributed by atoms with van der Waals surface area (Å²) in [5, 5.41) is 0.413. The highest BCUT2D eigenvalue weighted by atomic mass is 35.5. The monoisotopic (exact) mass is 848 g/mol. The van der Waals surface area contributed by atoms with Gasteiger partial charge in [-0.05, 0) is 87.3 Å². The van der Waals surface area contributed by atoms with Gasteiger partial charge in [0.25, 0.3) is 0 Å². The van der Waals surface area contributed by atoms with E-state index in [0.717, 1.165) is 6.33 Å². The zero-order valence-corrected chi connectivity index (χ0v) is 35.5. The number of ether oxygens (including phenoxy) is 6. The van der Waals surface area contributed by atoms with Gasteiger partial charge in [-0.2, -0.15) is 18.0 Å². The maximum atomic E-state index is 13.3. The van der Waals surface area contributed by atoms with Gasteiger partial charge in [-0.15, -0.1) is 0 Å². The molecule has 0 spiro atoms. The van der Waals surface area contributed by atoms with Gasteiger partial charge in [0.1, 0.15) is 35.0 Å². The van der Waals surface area contributed by atoms with Crippen molar-refractivity contribution in [2.75, 3.05) is 38.4 Å². The third kappa shape index (κ3) is 14.8. The molecule has 18 nitrogen and oxygen atoms in total. The van der Waals surface area contributed by atoms with E-state index >= 15 is 0 Å². The zero-order valence-electron chi connectivity index (χ0n) is 33.1. The molecule has 1 atom stereocenters. The van der Waals surface area contributed by atoms with Gasteiger partial charge in [-0.25, -0.2) is 33.5 Å². The molecule has 21 heteroatoms. The van der Waals surface area contributed by atoms with E-state index in [-0.39, 0.29) is 72.8 Å². The van der Waals surface area contributed by atoms with Crippen molar-refractivity contribution < 1.29 is 55.4 Å². The largest absolute Gasteiger partial charge is 0.493 e. The minimum absolute atomic E-state index is 0.0220. The van der Waals surface area contributed by atoms with Gasteiger partial charge >= 0.3 is 28.6 Å². The molecule has 3 amide bonds. The summed E-state index contributed by atoms with van der Waals surface area (Å²) in [6.07, 6.45) is -1.26. The van der Waals surface area contributed by atoms with E-state index in [4.69, 9.17) is 55.8 Å². The number of nitrogens with one attached hydrogen (secondary N) is 1.